The van der Waals surface area contributed by atoms with Crippen molar-refractivity contribution in [2.45, 2.75) is 25.7 Å². The molecule has 0 radical (unpaired) electrons. The average molecular weight is 230 g/mol. The number of unbranched alkanes of at least 4 members (excludes halogenated alkanes) is 2. The number of aliphatic imine (C=N–C) groups is 1. The van der Waals surface area contributed by atoms with Crippen LogP contribution in [0.2, 0.25) is 0 Å². The van der Waals surface area contributed by atoms with Gasteiger partial charge in [0.25, 0.3) is 0 Å². The summed E-state index contributed by atoms with van der Waals surface area (Å²) in [5.74, 6) is -1.16. The molecule has 0 saturated heterocycles. The molecule has 0 bridgehead atoms. The fourth-order valence-corrected chi connectivity index (χ4v) is 0.895. The van der Waals surface area contributed by atoms with Crippen LogP contribution in [0.5, 0.6) is 0 Å². The second-order valence-electron chi connectivity index (χ2n) is 2.61. The Balaban J connectivity index is 0. The van der Waals surface area contributed by atoms with Gasteiger partial charge in [-0.3, -0.25) is 4.79 Å². The number of carboxylic acid groups (broad SMARTS) is 1. The predicted octanol–water partition coefficient (Wildman–Crippen LogP) is -2.37. The standard InChI is InChI=1S/C8H14ClNO3.Na/c9-6-7(11)10-5-3-1-2-4-8(12)13;/h1-6H2,(H,10,11)(H,12,13);/q;+1/p-1. The van der Waals surface area contributed by atoms with Crippen molar-refractivity contribution in [3.63, 3.8) is 0 Å². The molecule has 0 unspecified atom stereocenters. The van der Waals surface area contributed by atoms with E-state index in [-0.39, 0.29) is 47.8 Å². The summed E-state index contributed by atoms with van der Waals surface area (Å²) in [5.41, 5.74) is 0. The Morgan fingerprint density at radius 3 is 2.50 bits per heavy atom. The van der Waals surface area contributed by atoms with Gasteiger partial charge in [0, 0.05) is 13.0 Å². The summed E-state index contributed by atoms with van der Waals surface area (Å²) >= 11 is 5.21. The maximum atomic E-state index is 10.6. The first kappa shape index (κ1) is 16.7. The molecule has 0 aromatic rings. The predicted molar refractivity (Wildman–Crippen MR) is 49.1 cm³/mol. The third kappa shape index (κ3) is 12.2. The molecule has 0 aliphatic rings. The van der Waals surface area contributed by atoms with Gasteiger partial charge in [-0.1, -0.05) is 6.42 Å². The van der Waals surface area contributed by atoms with Crippen LogP contribution >= 0.6 is 11.6 Å². The van der Waals surface area contributed by atoms with E-state index < -0.39 is 5.97 Å². The van der Waals surface area contributed by atoms with Crippen molar-refractivity contribution < 1.29 is 44.6 Å². The molecule has 0 heterocycles. The Labute approximate surface area is 111 Å². The summed E-state index contributed by atoms with van der Waals surface area (Å²) in [6, 6.07) is 0. The third-order valence-corrected chi connectivity index (χ3v) is 1.68. The molecular weight excluding hydrogens is 217 g/mol. The van der Waals surface area contributed by atoms with E-state index in [1.807, 2.05) is 0 Å². The van der Waals surface area contributed by atoms with Gasteiger partial charge in [0.2, 0.25) is 0 Å². The van der Waals surface area contributed by atoms with E-state index in [0.29, 0.717) is 13.0 Å². The minimum atomic E-state index is -0.784. The summed E-state index contributed by atoms with van der Waals surface area (Å²) in [6.45, 7) is 0.450. The second-order valence-corrected chi connectivity index (χ2v) is 2.88. The number of rotatable bonds is 7. The van der Waals surface area contributed by atoms with Crippen LogP contribution in [0, 0.1) is 0 Å². The molecule has 14 heavy (non-hydrogen) atoms. The first-order chi connectivity index (χ1) is 6.16. The van der Waals surface area contributed by atoms with E-state index in [1.165, 1.54) is 0 Å². The molecule has 4 nitrogen and oxygen atoms in total. The first-order valence-corrected chi connectivity index (χ1v) is 4.68. The molecule has 0 spiro atoms. The summed E-state index contributed by atoms with van der Waals surface area (Å²) in [7, 11) is 0. The molecule has 0 aromatic carbocycles. The summed E-state index contributed by atoms with van der Waals surface area (Å²) in [6.07, 6.45) is 2.35. The van der Waals surface area contributed by atoms with Crippen molar-refractivity contribution in [3.8, 4) is 0 Å². The van der Waals surface area contributed by atoms with Crippen molar-refractivity contribution in [1.82, 2.24) is 0 Å². The smallest absolute Gasteiger partial charge is 0.861 e. The monoisotopic (exact) mass is 229 g/mol. The molecule has 0 amide bonds. The molecule has 0 aliphatic heterocycles. The van der Waals surface area contributed by atoms with Gasteiger partial charge in [0.05, 0.1) is 5.88 Å². The fraction of sp³-hybridized carbons (Fsp3) is 0.750. The van der Waals surface area contributed by atoms with E-state index in [9.17, 15) is 9.90 Å². The van der Waals surface area contributed by atoms with Gasteiger partial charge in [-0.05, 0) is 18.7 Å². The number of aliphatic carboxylic acids is 1. The molecule has 0 rings (SSSR count). The van der Waals surface area contributed by atoms with Gasteiger partial charge in [-0.25, -0.2) is 0 Å². The normalized spacial score (nSPS) is 10.8. The Hall–Kier alpha value is 0.230. The topological polar surface area (TPSA) is 72.7 Å². The fourth-order valence-electron chi connectivity index (χ4n) is 0.811. The number of carboxylic acids is 1. The number of nitrogens with zero attached hydrogens (tertiary/aromatic N) is 1. The van der Waals surface area contributed by atoms with Gasteiger partial charge >= 0.3 is 35.5 Å². The SMILES string of the molecule is O=C(O)CCCCCN=C([O-])CCl.[Na+]. The second kappa shape index (κ2) is 11.3. The Kier molecular flexibility index (Phi) is 13.4. The zero-order valence-electron chi connectivity index (χ0n) is 8.33. The number of hydrogen-bond donors (Lipinski definition) is 1. The van der Waals surface area contributed by atoms with Crippen molar-refractivity contribution >= 4 is 23.5 Å². The van der Waals surface area contributed by atoms with E-state index in [0.717, 1.165) is 12.8 Å². The Morgan fingerprint density at radius 1 is 1.36 bits per heavy atom. The Morgan fingerprint density at radius 2 is 2.00 bits per heavy atom. The zero-order chi connectivity index (χ0) is 10.1. The molecule has 76 valence electrons. The maximum Gasteiger partial charge on any atom is 1.00 e. The van der Waals surface area contributed by atoms with Crippen molar-refractivity contribution in [3.05, 3.63) is 0 Å². The van der Waals surface area contributed by atoms with Crippen LogP contribution in [0.25, 0.3) is 0 Å². The molecule has 0 saturated carbocycles. The van der Waals surface area contributed by atoms with Crippen molar-refractivity contribution in [1.29, 1.82) is 0 Å². The minimum Gasteiger partial charge on any atom is -0.861 e. The van der Waals surface area contributed by atoms with Crippen LogP contribution < -0.4 is 34.7 Å². The van der Waals surface area contributed by atoms with E-state index in [2.05, 4.69) is 4.99 Å². The molecule has 0 fully saturated rings. The molecule has 6 heteroatoms. The number of halogens is 1. The summed E-state index contributed by atoms with van der Waals surface area (Å²) in [4.78, 5) is 13.7. The maximum absolute atomic E-state index is 10.6. The average Bonchev–Trinajstić information content (AvgIpc) is 2.10. The van der Waals surface area contributed by atoms with Crippen LogP contribution in [0.4, 0.5) is 0 Å². The van der Waals surface area contributed by atoms with Crippen LogP contribution in [0.1, 0.15) is 25.7 Å². The summed E-state index contributed by atoms with van der Waals surface area (Å²) < 4.78 is 0. The van der Waals surface area contributed by atoms with E-state index >= 15 is 0 Å². The van der Waals surface area contributed by atoms with Gasteiger partial charge in [0.15, 0.2) is 0 Å². The number of carbonyl (C=O) groups is 1. The zero-order valence-corrected chi connectivity index (χ0v) is 11.1. The third-order valence-electron chi connectivity index (χ3n) is 1.45. The molecule has 0 atom stereocenters. The first-order valence-electron chi connectivity index (χ1n) is 4.15. The molecule has 0 aliphatic carbocycles. The van der Waals surface area contributed by atoms with Crippen molar-refractivity contribution in [2.24, 2.45) is 4.99 Å². The molecular formula is C8H13ClNNaO3. The quantitative estimate of drug-likeness (QED) is 0.174. The number of hydrogen-bond acceptors (Lipinski definition) is 3. The number of alkyl halides is 1. The van der Waals surface area contributed by atoms with Crippen molar-refractivity contribution in [2.75, 3.05) is 12.4 Å². The molecule has 1 N–H and O–H groups in total. The van der Waals surface area contributed by atoms with E-state index in [1.54, 1.807) is 0 Å². The largest absolute Gasteiger partial charge is 1.00 e. The van der Waals surface area contributed by atoms with Crippen LogP contribution in [-0.2, 0) is 4.79 Å². The Bertz CT molecular complexity index is 187. The minimum absolute atomic E-state index is 0. The van der Waals surface area contributed by atoms with Gasteiger partial charge in [-0.15, -0.1) is 11.6 Å². The van der Waals surface area contributed by atoms with Crippen LogP contribution in [0.15, 0.2) is 4.99 Å². The molecule has 0 aromatic heterocycles. The van der Waals surface area contributed by atoms with E-state index in [4.69, 9.17) is 16.7 Å². The van der Waals surface area contributed by atoms with Gasteiger partial charge in [-0.2, -0.15) is 0 Å². The summed E-state index contributed by atoms with van der Waals surface area (Å²) in [5, 5.41) is 18.9. The van der Waals surface area contributed by atoms with Gasteiger partial charge < -0.3 is 15.2 Å². The van der Waals surface area contributed by atoms with Crippen LogP contribution in [-0.4, -0.2) is 29.4 Å². The van der Waals surface area contributed by atoms with Crippen LogP contribution in [0.3, 0.4) is 0 Å². The van der Waals surface area contributed by atoms with Gasteiger partial charge in [0.1, 0.15) is 0 Å².